The summed E-state index contributed by atoms with van der Waals surface area (Å²) in [4.78, 5) is 0. The molecule has 0 atom stereocenters. The van der Waals surface area contributed by atoms with Gasteiger partial charge in [0.1, 0.15) is 0 Å². The molecule has 1 aromatic carbocycles. The molecule has 0 fully saturated rings. The van der Waals surface area contributed by atoms with Gasteiger partial charge in [-0.1, -0.05) is 34.5 Å². The van der Waals surface area contributed by atoms with Gasteiger partial charge in [-0.3, -0.25) is 0 Å². The summed E-state index contributed by atoms with van der Waals surface area (Å²) in [5.74, 6) is 0. The molecule has 0 saturated heterocycles. The largest absolute Gasteiger partial charge is 0.385 e. The van der Waals surface area contributed by atoms with Gasteiger partial charge in [-0.25, -0.2) is 0 Å². The Morgan fingerprint density at radius 3 is 2.87 bits per heavy atom. The summed E-state index contributed by atoms with van der Waals surface area (Å²) < 4.78 is 1.12. The highest BCUT2D eigenvalue weighted by molar-refractivity contribution is 9.10. The Morgan fingerprint density at radius 2 is 2.13 bits per heavy atom. The van der Waals surface area contributed by atoms with Crippen molar-refractivity contribution in [1.29, 1.82) is 0 Å². The first kappa shape index (κ1) is 12.3. The third-order valence-corrected chi connectivity index (χ3v) is 2.73. The van der Waals surface area contributed by atoms with Crippen LogP contribution in [0.3, 0.4) is 0 Å². The minimum absolute atomic E-state index is 1.05. The molecular weight excluding hydrogens is 250 g/mol. The minimum atomic E-state index is 1.05. The Balaban J connectivity index is 2.12. The molecule has 0 unspecified atom stereocenters. The third kappa shape index (κ3) is 5.63. The van der Waals surface area contributed by atoms with Crippen LogP contribution in [0.1, 0.15) is 25.7 Å². The maximum atomic E-state index is 3.71. The quantitative estimate of drug-likeness (QED) is 0.562. The van der Waals surface area contributed by atoms with E-state index in [0.29, 0.717) is 0 Å². The summed E-state index contributed by atoms with van der Waals surface area (Å²) in [6.45, 7) is 4.76. The smallest absolute Gasteiger partial charge is 0.0351 e. The third-order valence-electron chi connectivity index (χ3n) is 2.24. The Kier molecular flexibility index (Phi) is 6.17. The van der Waals surface area contributed by atoms with Gasteiger partial charge in [0, 0.05) is 16.7 Å². The van der Waals surface area contributed by atoms with E-state index in [-0.39, 0.29) is 0 Å². The lowest BCUT2D eigenvalue weighted by Gasteiger charge is -2.06. The summed E-state index contributed by atoms with van der Waals surface area (Å²) >= 11 is 3.45. The Labute approximate surface area is 101 Å². The van der Waals surface area contributed by atoms with Gasteiger partial charge in [0.2, 0.25) is 0 Å². The monoisotopic (exact) mass is 267 g/mol. The Hall–Kier alpha value is -0.760. The Morgan fingerprint density at radius 1 is 1.27 bits per heavy atom. The molecular formula is C13H18BrN. The van der Waals surface area contributed by atoms with Gasteiger partial charge in [0.15, 0.2) is 0 Å². The number of benzene rings is 1. The predicted molar refractivity (Wildman–Crippen MR) is 71.3 cm³/mol. The van der Waals surface area contributed by atoms with Gasteiger partial charge in [-0.15, -0.1) is 6.58 Å². The summed E-state index contributed by atoms with van der Waals surface area (Å²) in [6, 6.07) is 8.28. The van der Waals surface area contributed by atoms with E-state index in [1.54, 1.807) is 0 Å². The predicted octanol–water partition coefficient (Wildman–Crippen LogP) is 4.61. The highest BCUT2D eigenvalue weighted by Gasteiger charge is 1.92. The van der Waals surface area contributed by atoms with Crippen LogP contribution in [0.4, 0.5) is 5.69 Å². The van der Waals surface area contributed by atoms with Crippen LogP contribution >= 0.6 is 15.9 Å². The molecule has 0 aromatic heterocycles. The standard InChI is InChI=1S/C13H18BrN/c1-2-3-4-5-6-10-15-13-9-7-8-12(14)11-13/h2,7-9,11,15H,1,3-6,10H2. The lowest BCUT2D eigenvalue weighted by atomic mass is 10.2. The van der Waals surface area contributed by atoms with Crippen molar-refractivity contribution in [3.63, 3.8) is 0 Å². The maximum Gasteiger partial charge on any atom is 0.0351 e. The summed E-state index contributed by atoms with van der Waals surface area (Å²) in [5, 5.41) is 3.41. The van der Waals surface area contributed by atoms with Crippen LogP contribution in [0.5, 0.6) is 0 Å². The first-order valence-corrected chi connectivity index (χ1v) is 6.22. The van der Waals surface area contributed by atoms with Crippen molar-refractivity contribution in [2.75, 3.05) is 11.9 Å². The van der Waals surface area contributed by atoms with Crippen LogP contribution in [-0.2, 0) is 0 Å². The van der Waals surface area contributed by atoms with Crippen LogP contribution in [0, 0.1) is 0 Å². The zero-order valence-electron chi connectivity index (χ0n) is 9.01. The van der Waals surface area contributed by atoms with E-state index in [4.69, 9.17) is 0 Å². The number of hydrogen-bond acceptors (Lipinski definition) is 1. The normalized spacial score (nSPS) is 9.93. The molecule has 0 aliphatic rings. The number of nitrogens with one attached hydrogen (secondary N) is 1. The summed E-state index contributed by atoms with van der Waals surface area (Å²) in [5.41, 5.74) is 1.19. The highest BCUT2D eigenvalue weighted by atomic mass is 79.9. The lowest BCUT2D eigenvalue weighted by Crippen LogP contribution is -2.00. The molecule has 0 aliphatic heterocycles. The van der Waals surface area contributed by atoms with Crippen LogP contribution in [0.2, 0.25) is 0 Å². The van der Waals surface area contributed by atoms with Gasteiger partial charge in [-0.2, -0.15) is 0 Å². The number of anilines is 1. The van der Waals surface area contributed by atoms with Crippen molar-refractivity contribution >= 4 is 21.6 Å². The van der Waals surface area contributed by atoms with Crippen molar-refractivity contribution in [2.45, 2.75) is 25.7 Å². The van der Waals surface area contributed by atoms with Gasteiger partial charge >= 0.3 is 0 Å². The van der Waals surface area contributed by atoms with Gasteiger partial charge in [0.25, 0.3) is 0 Å². The molecule has 82 valence electrons. The maximum absolute atomic E-state index is 3.71. The summed E-state index contributed by atoms with van der Waals surface area (Å²) in [6.07, 6.45) is 6.87. The van der Waals surface area contributed by atoms with Crippen LogP contribution in [0.25, 0.3) is 0 Å². The number of unbranched alkanes of at least 4 members (excludes halogenated alkanes) is 3. The topological polar surface area (TPSA) is 12.0 Å². The molecule has 1 nitrogen and oxygen atoms in total. The fourth-order valence-corrected chi connectivity index (χ4v) is 1.82. The van der Waals surface area contributed by atoms with Gasteiger partial charge in [0.05, 0.1) is 0 Å². The van der Waals surface area contributed by atoms with Crippen molar-refractivity contribution in [3.8, 4) is 0 Å². The molecule has 2 heteroatoms. The fourth-order valence-electron chi connectivity index (χ4n) is 1.42. The van der Waals surface area contributed by atoms with Crippen molar-refractivity contribution in [1.82, 2.24) is 0 Å². The second-order valence-electron chi connectivity index (χ2n) is 3.58. The average molecular weight is 268 g/mol. The van der Waals surface area contributed by atoms with E-state index in [9.17, 15) is 0 Å². The molecule has 0 radical (unpaired) electrons. The van der Waals surface area contributed by atoms with Crippen LogP contribution in [-0.4, -0.2) is 6.54 Å². The zero-order chi connectivity index (χ0) is 10.9. The molecule has 0 amide bonds. The van der Waals surface area contributed by atoms with E-state index < -0.39 is 0 Å². The van der Waals surface area contributed by atoms with E-state index >= 15 is 0 Å². The van der Waals surface area contributed by atoms with Crippen LogP contribution < -0.4 is 5.32 Å². The molecule has 1 rings (SSSR count). The second kappa shape index (κ2) is 7.52. The molecule has 15 heavy (non-hydrogen) atoms. The number of halogens is 1. The fraction of sp³-hybridized carbons (Fsp3) is 0.385. The van der Waals surface area contributed by atoms with Gasteiger partial charge in [-0.05, 0) is 37.5 Å². The number of hydrogen-bond donors (Lipinski definition) is 1. The first-order chi connectivity index (χ1) is 7.33. The zero-order valence-corrected chi connectivity index (χ0v) is 10.6. The minimum Gasteiger partial charge on any atom is -0.385 e. The highest BCUT2D eigenvalue weighted by Crippen LogP contribution is 2.15. The SMILES string of the molecule is C=CCCCCCNc1cccc(Br)c1. The lowest BCUT2D eigenvalue weighted by molar-refractivity contribution is 0.709. The van der Waals surface area contributed by atoms with Gasteiger partial charge < -0.3 is 5.32 Å². The summed E-state index contributed by atoms with van der Waals surface area (Å²) in [7, 11) is 0. The molecule has 0 aliphatic carbocycles. The van der Waals surface area contributed by atoms with E-state index in [1.807, 2.05) is 18.2 Å². The molecule has 0 saturated carbocycles. The molecule has 0 heterocycles. The van der Waals surface area contributed by atoms with Crippen molar-refractivity contribution in [2.24, 2.45) is 0 Å². The van der Waals surface area contributed by atoms with Crippen molar-refractivity contribution < 1.29 is 0 Å². The molecule has 0 spiro atoms. The Bertz CT molecular complexity index is 296. The van der Waals surface area contributed by atoms with Crippen molar-refractivity contribution in [3.05, 3.63) is 41.4 Å². The second-order valence-corrected chi connectivity index (χ2v) is 4.49. The van der Waals surface area contributed by atoms with E-state index in [1.165, 1.54) is 24.9 Å². The number of allylic oxidation sites excluding steroid dienone is 1. The van der Waals surface area contributed by atoms with E-state index in [2.05, 4.69) is 40.0 Å². The molecule has 0 bridgehead atoms. The number of rotatable bonds is 7. The molecule has 1 N–H and O–H groups in total. The molecule has 1 aromatic rings. The van der Waals surface area contributed by atoms with E-state index in [0.717, 1.165) is 17.4 Å². The first-order valence-electron chi connectivity index (χ1n) is 5.43. The average Bonchev–Trinajstić information content (AvgIpc) is 2.23. The van der Waals surface area contributed by atoms with Crippen LogP contribution in [0.15, 0.2) is 41.4 Å².